The molecule has 1 fully saturated rings. The molecule has 3 nitrogen and oxygen atoms in total. The van der Waals surface area contributed by atoms with Crippen molar-refractivity contribution in [3.8, 4) is 0 Å². The molecule has 3 heteroatoms. The molecule has 0 aromatic heterocycles. The first-order valence-electron chi connectivity index (χ1n) is 5.62. The Morgan fingerprint density at radius 2 is 2.13 bits per heavy atom. The molecule has 2 aliphatic rings. The number of hydrogen-bond donors (Lipinski definition) is 1. The second kappa shape index (κ2) is 3.51. The van der Waals surface area contributed by atoms with Gasteiger partial charge >= 0.3 is 0 Å². The first-order chi connectivity index (χ1) is 7.34. The summed E-state index contributed by atoms with van der Waals surface area (Å²) in [5, 5.41) is 8.07. The van der Waals surface area contributed by atoms with Gasteiger partial charge in [-0.05, 0) is 11.6 Å². The lowest BCUT2D eigenvalue weighted by atomic mass is 10.0. The Bertz CT molecular complexity index is 360. The zero-order chi connectivity index (χ0) is 10.3. The van der Waals surface area contributed by atoms with Gasteiger partial charge in [0, 0.05) is 39.1 Å². The topological polar surface area (TPSA) is 18.5 Å². The highest BCUT2D eigenvalue weighted by molar-refractivity contribution is 5.56. The van der Waals surface area contributed by atoms with E-state index in [1.807, 2.05) is 0 Å². The van der Waals surface area contributed by atoms with E-state index in [1.54, 1.807) is 0 Å². The van der Waals surface area contributed by atoms with E-state index in [0.29, 0.717) is 0 Å². The molecule has 0 aliphatic carbocycles. The molecule has 0 radical (unpaired) electrons. The number of anilines is 1. The molecule has 80 valence electrons. The number of nitrogens with zero attached hydrogens (tertiary/aromatic N) is 2. The lowest BCUT2D eigenvalue weighted by Gasteiger charge is -2.35. The number of benzene rings is 1. The van der Waals surface area contributed by atoms with E-state index in [1.165, 1.54) is 24.3 Å². The summed E-state index contributed by atoms with van der Waals surface area (Å²) in [7, 11) is 2.17. The average Bonchev–Trinajstić information content (AvgIpc) is 2.48. The van der Waals surface area contributed by atoms with Crippen LogP contribution in [0.3, 0.4) is 0 Å². The second-order valence-electron chi connectivity index (χ2n) is 4.55. The van der Waals surface area contributed by atoms with Crippen molar-refractivity contribution < 1.29 is 0 Å². The zero-order valence-corrected chi connectivity index (χ0v) is 9.11. The fraction of sp³-hybridized carbons (Fsp3) is 0.500. The molecule has 0 atom stereocenters. The van der Waals surface area contributed by atoms with E-state index in [4.69, 9.17) is 0 Å². The minimum absolute atomic E-state index is 0.818. The molecule has 2 heterocycles. The fourth-order valence-corrected chi connectivity index (χ4v) is 2.37. The maximum atomic E-state index is 3.33. The standard InChI is InChI=1S/C12H17N3/c1-14-9-11-4-2-3-5-12(11)15(14)8-10-6-13-7-10/h2-5,10,13H,6-9H2,1H3. The molecule has 1 N–H and O–H groups in total. The van der Waals surface area contributed by atoms with Gasteiger partial charge in [0.2, 0.25) is 0 Å². The summed E-state index contributed by atoms with van der Waals surface area (Å²) in [6.07, 6.45) is 0. The number of fused-ring (bicyclic) bond motifs is 1. The van der Waals surface area contributed by atoms with Gasteiger partial charge in [-0.15, -0.1) is 0 Å². The van der Waals surface area contributed by atoms with Crippen LogP contribution in [0.2, 0.25) is 0 Å². The lowest BCUT2D eigenvalue weighted by molar-refractivity contribution is 0.264. The minimum atomic E-state index is 0.818. The van der Waals surface area contributed by atoms with Crippen molar-refractivity contribution in [1.82, 2.24) is 10.3 Å². The third-order valence-corrected chi connectivity index (χ3v) is 3.38. The van der Waals surface area contributed by atoms with Crippen LogP contribution in [-0.2, 0) is 6.54 Å². The number of para-hydroxylation sites is 1. The maximum absolute atomic E-state index is 3.33. The monoisotopic (exact) mass is 203 g/mol. The molecule has 0 amide bonds. The van der Waals surface area contributed by atoms with Gasteiger partial charge in [-0.1, -0.05) is 18.2 Å². The summed E-state index contributed by atoms with van der Waals surface area (Å²) >= 11 is 0. The largest absolute Gasteiger partial charge is 0.316 e. The predicted molar refractivity (Wildman–Crippen MR) is 61.6 cm³/mol. The van der Waals surface area contributed by atoms with Crippen LogP contribution in [0.15, 0.2) is 24.3 Å². The Morgan fingerprint density at radius 1 is 1.33 bits per heavy atom. The van der Waals surface area contributed by atoms with Crippen molar-refractivity contribution in [3.05, 3.63) is 29.8 Å². The summed E-state index contributed by atoms with van der Waals surface area (Å²) in [6, 6.07) is 8.71. The molecular weight excluding hydrogens is 186 g/mol. The Kier molecular flexibility index (Phi) is 2.15. The SMILES string of the molecule is CN1Cc2ccccc2N1CC1CNC1. The summed E-state index contributed by atoms with van der Waals surface area (Å²) in [5.74, 6) is 0.818. The molecule has 3 rings (SSSR count). The average molecular weight is 203 g/mol. The highest BCUT2D eigenvalue weighted by Gasteiger charge is 2.28. The van der Waals surface area contributed by atoms with E-state index >= 15 is 0 Å². The summed E-state index contributed by atoms with van der Waals surface area (Å²) in [4.78, 5) is 0. The first-order valence-corrected chi connectivity index (χ1v) is 5.62. The number of hydrazine groups is 1. The van der Waals surface area contributed by atoms with E-state index in [9.17, 15) is 0 Å². The summed E-state index contributed by atoms with van der Waals surface area (Å²) in [5.41, 5.74) is 2.85. The minimum Gasteiger partial charge on any atom is -0.316 e. The van der Waals surface area contributed by atoms with E-state index in [-0.39, 0.29) is 0 Å². The maximum Gasteiger partial charge on any atom is 0.0568 e. The van der Waals surface area contributed by atoms with Crippen molar-refractivity contribution in [3.63, 3.8) is 0 Å². The van der Waals surface area contributed by atoms with Crippen LogP contribution in [0, 0.1) is 5.92 Å². The van der Waals surface area contributed by atoms with Crippen molar-refractivity contribution in [2.45, 2.75) is 6.54 Å². The predicted octanol–water partition coefficient (Wildman–Crippen LogP) is 1.07. The molecule has 0 spiro atoms. The molecule has 0 bridgehead atoms. The Balaban J connectivity index is 1.81. The van der Waals surface area contributed by atoms with E-state index in [2.05, 4.69) is 46.6 Å². The third-order valence-electron chi connectivity index (χ3n) is 3.38. The van der Waals surface area contributed by atoms with Gasteiger partial charge in [-0.3, -0.25) is 0 Å². The highest BCUT2D eigenvalue weighted by atomic mass is 15.6. The van der Waals surface area contributed by atoms with Crippen molar-refractivity contribution in [2.75, 3.05) is 31.7 Å². The zero-order valence-electron chi connectivity index (χ0n) is 9.11. The van der Waals surface area contributed by atoms with Gasteiger partial charge in [0.15, 0.2) is 0 Å². The Labute approximate surface area is 90.6 Å². The quantitative estimate of drug-likeness (QED) is 0.775. The summed E-state index contributed by atoms with van der Waals surface area (Å²) in [6.45, 7) is 4.55. The van der Waals surface area contributed by atoms with Crippen molar-refractivity contribution >= 4 is 5.69 Å². The summed E-state index contributed by atoms with van der Waals surface area (Å²) < 4.78 is 0. The van der Waals surface area contributed by atoms with Crippen LogP contribution in [0.1, 0.15) is 5.56 Å². The van der Waals surface area contributed by atoms with Crippen LogP contribution in [-0.4, -0.2) is 31.7 Å². The molecular formula is C12H17N3. The molecule has 1 aromatic rings. The van der Waals surface area contributed by atoms with E-state index in [0.717, 1.165) is 19.0 Å². The molecule has 1 aromatic carbocycles. The van der Waals surface area contributed by atoms with Crippen molar-refractivity contribution in [2.24, 2.45) is 5.92 Å². The number of nitrogens with one attached hydrogen (secondary N) is 1. The number of hydrogen-bond acceptors (Lipinski definition) is 3. The highest BCUT2D eigenvalue weighted by Crippen LogP contribution is 2.30. The van der Waals surface area contributed by atoms with Gasteiger partial charge in [-0.25, -0.2) is 5.01 Å². The molecule has 0 unspecified atom stereocenters. The third kappa shape index (κ3) is 1.52. The van der Waals surface area contributed by atoms with E-state index < -0.39 is 0 Å². The van der Waals surface area contributed by atoms with Crippen LogP contribution >= 0.6 is 0 Å². The molecule has 2 aliphatic heterocycles. The second-order valence-corrected chi connectivity index (χ2v) is 4.55. The van der Waals surface area contributed by atoms with Crippen LogP contribution < -0.4 is 10.3 Å². The van der Waals surface area contributed by atoms with Gasteiger partial charge in [-0.2, -0.15) is 0 Å². The Hall–Kier alpha value is -1.06. The van der Waals surface area contributed by atoms with Gasteiger partial charge in [0.05, 0.1) is 5.69 Å². The molecule has 15 heavy (non-hydrogen) atoms. The Morgan fingerprint density at radius 3 is 2.87 bits per heavy atom. The first kappa shape index (κ1) is 9.19. The molecule has 1 saturated heterocycles. The fourth-order valence-electron chi connectivity index (χ4n) is 2.37. The van der Waals surface area contributed by atoms with Gasteiger partial charge < -0.3 is 10.3 Å². The van der Waals surface area contributed by atoms with Gasteiger partial charge in [0.25, 0.3) is 0 Å². The van der Waals surface area contributed by atoms with Gasteiger partial charge in [0.1, 0.15) is 0 Å². The van der Waals surface area contributed by atoms with Crippen LogP contribution in [0.5, 0.6) is 0 Å². The normalized spacial score (nSPS) is 21.5. The van der Waals surface area contributed by atoms with Crippen LogP contribution in [0.25, 0.3) is 0 Å². The van der Waals surface area contributed by atoms with Crippen molar-refractivity contribution in [1.29, 1.82) is 0 Å². The van der Waals surface area contributed by atoms with Crippen LogP contribution in [0.4, 0.5) is 5.69 Å². The molecule has 0 saturated carbocycles. The lowest BCUT2D eigenvalue weighted by Crippen LogP contribution is -2.50. The smallest absolute Gasteiger partial charge is 0.0568 e. The number of rotatable bonds is 2.